The quantitative estimate of drug-likeness (QED) is 0.412. The van der Waals surface area contributed by atoms with E-state index in [0.717, 1.165) is 25.0 Å². The highest BCUT2D eigenvalue weighted by atomic mass is 16.5. The normalized spacial score (nSPS) is 10.1. The van der Waals surface area contributed by atoms with E-state index in [1.165, 1.54) is 0 Å². The summed E-state index contributed by atoms with van der Waals surface area (Å²) in [7, 11) is 0. The van der Waals surface area contributed by atoms with Gasteiger partial charge < -0.3 is 10.2 Å². The molecular weight excluding hydrogens is 178 g/mol. The first-order chi connectivity index (χ1) is 6.86. The molecule has 0 aliphatic rings. The first-order valence-corrected chi connectivity index (χ1v) is 4.86. The fraction of sp³-hybridized carbons (Fsp3) is 0.500. The van der Waals surface area contributed by atoms with Crippen LogP contribution in [0.5, 0.6) is 0 Å². The van der Waals surface area contributed by atoms with Gasteiger partial charge in [-0.2, -0.15) is 0 Å². The lowest BCUT2D eigenvalue weighted by Crippen LogP contribution is -2.08. The van der Waals surface area contributed by atoms with Gasteiger partial charge in [0.05, 0.1) is 6.61 Å². The number of rotatable bonds is 6. The summed E-state index contributed by atoms with van der Waals surface area (Å²) in [5, 5.41) is 0. The van der Waals surface area contributed by atoms with E-state index in [1.807, 2.05) is 12.1 Å². The molecule has 0 aliphatic heterocycles. The summed E-state index contributed by atoms with van der Waals surface area (Å²) >= 11 is 0. The van der Waals surface area contributed by atoms with Crippen molar-refractivity contribution in [2.24, 2.45) is 5.84 Å². The molecule has 1 aromatic heterocycles. The number of pyridine rings is 1. The third-order valence-electron chi connectivity index (χ3n) is 1.88. The van der Waals surface area contributed by atoms with Crippen LogP contribution >= 0.6 is 0 Å². The Bertz CT molecular complexity index is 265. The summed E-state index contributed by atoms with van der Waals surface area (Å²) in [5.41, 5.74) is 3.59. The molecule has 0 amide bonds. The van der Waals surface area contributed by atoms with Crippen LogP contribution in [0.4, 0.5) is 5.82 Å². The van der Waals surface area contributed by atoms with Crippen LogP contribution < -0.4 is 11.3 Å². The van der Waals surface area contributed by atoms with E-state index in [2.05, 4.69) is 17.3 Å². The van der Waals surface area contributed by atoms with Crippen LogP contribution in [-0.4, -0.2) is 11.6 Å². The van der Waals surface area contributed by atoms with Crippen molar-refractivity contribution >= 4 is 5.82 Å². The monoisotopic (exact) mass is 195 g/mol. The van der Waals surface area contributed by atoms with Crippen molar-refractivity contribution < 1.29 is 4.74 Å². The van der Waals surface area contributed by atoms with Crippen molar-refractivity contribution in [3.8, 4) is 0 Å². The highest BCUT2D eigenvalue weighted by molar-refractivity contribution is 5.35. The minimum absolute atomic E-state index is 0.622. The van der Waals surface area contributed by atoms with Crippen LogP contribution in [0, 0.1) is 0 Å². The molecule has 0 aliphatic carbocycles. The first kappa shape index (κ1) is 10.9. The Morgan fingerprint density at radius 1 is 1.57 bits per heavy atom. The van der Waals surface area contributed by atoms with Crippen LogP contribution in [0.3, 0.4) is 0 Å². The molecule has 0 saturated carbocycles. The third kappa shape index (κ3) is 3.72. The highest BCUT2D eigenvalue weighted by Gasteiger charge is 1.95. The smallest absolute Gasteiger partial charge is 0.140 e. The van der Waals surface area contributed by atoms with E-state index < -0.39 is 0 Å². The molecule has 0 bridgehead atoms. The minimum Gasteiger partial charge on any atom is -0.377 e. The summed E-state index contributed by atoms with van der Waals surface area (Å²) < 4.78 is 5.46. The number of nitrogen functional groups attached to an aromatic ring is 1. The molecule has 0 spiro atoms. The number of nitrogens with two attached hydrogens (primary N) is 1. The molecule has 0 unspecified atom stereocenters. The van der Waals surface area contributed by atoms with Crippen LogP contribution in [0.15, 0.2) is 18.3 Å². The van der Waals surface area contributed by atoms with Gasteiger partial charge in [0, 0.05) is 12.8 Å². The van der Waals surface area contributed by atoms with Gasteiger partial charge in [0.2, 0.25) is 0 Å². The van der Waals surface area contributed by atoms with E-state index in [0.29, 0.717) is 12.4 Å². The fourth-order valence-corrected chi connectivity index (χ4v) is 1.08. The maximum absolute atomic E-state index is 5.46. The van der Waals surface area contributed by atoms with Gasteiger partial charge >= 0.3 is 0 Å². The van der Waals surface area contributed by atoms with Crippen molar-refractivity contribution in [3.05, 3.63) is 23.9 Å². The average molecular weight is 195 g/mol. The Morgan fingerprint density at radius 2 is 2.43 bits per heavy atom. The van der Waals surface area contributed by atoms with E-state index in [-0.39, 0.29) is 0 Å². The van der Waals surface area contributed by atoms with E-state index >= 15 is 0 Å². The third-order valence-corrected chi connectivity index (χ3v) is 1.88. The van der Waals surface area contributed by atoms with E-state index in [1.54, 1.807) is 6.20 Å². The number of nitrogens with one attached hydrogen (secondary N) is 1. The predicted octanol–water partition coefficient (Wildman–Crippen LogP) is 1.68. The summed E-state index contributed by atoms with van der Waals surface area (Å²) in [6, 6.07) is 3.80. The molecule has 14 heavy (non-hydrogen) atoms. The van der Waals surface area contributed by atoms with Crippen LogP contribution in [0.2, 0.25) is 0 Å². The zero-order chi connectivity index (χ0) is 10.2. The summed E-state index contributed by atoms with van der Waals surface area (Å²) in [5.74, 6) is 5.91. The van der Waals surface area contributed by atoms with Gasteiger partial charge in [-0.15, -0.1) is 0 Å². The Kier molecular flexibility index (Phi) is 4.96. The largest absolute Gasteiger partial charge is 0.377 e. The average Bonchev–Trinajstić information content (AvgIpc) is 2.25. The fourth-order valence-electron chi connectivity index (χ4n) is 1.08. The molecule has 3 N–H and O–H groups in total. The second kappa shape index (κ2) is 6.34. The van der Waals surface area contributed by atoms with Gasteiger partial charge in [-0.1, -0.05) is 13.3 Å². The van der Waals surface area contributed by atoms with Gasteiger partial charge in [0.25, 0.3) is 0 Å². The molecule has 1 aromatic rings. The number of hydrazine groups is 1. The summed E-state index contributed by atoms with van der Waals surface area (Å²) in [6.07, 6.45) is 3.98. The van der Waals surface area contributed by atoms with E-state index in [4.69, 9.17) is 10.6 Å². The molecule has 0 atom stereocenters. The number of anilines is 1. The van der Waals surface area contributed by atoms with Gasteiger partial charge in [0.15, 0.2) is 0 Å². The van der Waals surface area contributed by atoms with Gasteiger partial charge in [0.1, 0.15) is 5.82 Å². The lowest BCUT2D eigenvalue weighted by atomic mass is 10.3. The molecule has 0 radical (unpaired) electrons. The molecule has 0 fully saturated rings. The van der Waals surface area contributed by atoms with Crippen molar-refractivity contribution in [1.29, 1.82) is 0 Å². The lowest BCUT2D eigenvalue weighted by Gasteiger charge is -2.04. The highest BCUT2D eigenvalue weighted by Crippen LogP contribution is 2.06. The molecule has 1 heterocycles. The maximum atomic E-state index is 5.46. The molecular formula is C10H17N3O. The topological polar surface area (TPSA) is 60.2 Å². The number of nitrogens with zero attached hydrogens (tertiary/aromatic N) is 1. The molecule has 1 rings (SSSR count). The predicted molar refractivity (Wildman–Crippen MR) is 56.6 cm³/mol. The Balaban J connectivity index is 2.34. The number of ether oxygens (including phenoxy) is 1. The van der Waals surface area contributed by atoms with Gasteiger partial charge in [-0.05, 0) is 24.1 Å². The second-order valence-corrected chi connectivity index (χ2v) is 3.10. The van der Waals surface area contributed by atoms with Crippen molar-refractivity contribution in [2.45, 2.75) is 26.4 Å². The number of hydrogen-bond acceptors (Lipinski definition) is 4. The summed E-state index contributed by atoms with van der Waals surface area (Å²) in [6.45, 7) is 3.58. The maximum Gasteiger partial charge on any atom is 0.140 e. The van der Waals surface area contributed by atoms with Gasteiger partial charge in [-0.25, -0.2) is 10.8 Å². The molecule has 4 nitrogen and oxygen atoms in total. The molecule has 0 aromatic carbocycles. The second-order valence-electron chi connectivity index (χ2n) is 3.10. The Labute approximate surface area is 84.4 Å². The van der Waals surface area contributed by atoms with Crippen molar-refractivity contribution in [1.82, 2.24) is 4.98 Å². The standard InChI is InChI=1S/C10H17N3O/c1-2-3-6-14-8-9-4-5-12-10(7-9)13-11/h4-5,7H,2-3,6,8,11H2,1H3,(H,12,13). The van der Waals surface area contributed by atoms with Gasteiger partial charge in [-0.3, -0.25) is 0 Å². The van der Waals surface area contributed by atoms with Crippen LogP contribution in [0.25, 0.3) is 0 Å². The molecule has 4 heteroatoms. The first-order valence-electron chi connectivity index (χ1n) is 4.86. The van der Waals surface area contributed by atoms with Crippen molar-refractivity contribution in [2.75, 3.05) is 12.0 Å². The Morgan fingerprint density at radius 3 is 3.14 bits per heavy atom. The SMILES string of the molecule is CCCCOCc1ccnc(NN)c1. The summed E-state index contributed by atoms with van der Waals surface area (Å²) in [4.78, 5) is 4.01. The lowest BCUT2D eigenvalue weighted by molar-refractivity contribution is 0.118. The van der Waals surface area contributed by atoms with Crippen LogP contribution in [0.1, 0.15) is 25.3 Å². The van der Waals surface area contributed by atoms with Crippen molar-refractivity contribution in [3.63, 3.8) is 0 Å². The molecule has 0 saturated heterocycles. The minimum atomic E-state index is 0.622. The molecule has 78 valence electrons. The zero-order valence-corrected chi connectivity index (χ0v) is 8.49. The zero-order valence-electron chi connectivity index (χ0n) is 8.49. The number of unbranched alkanes of at least 4 members (excludes halogenated alkanes) is 1. The Hall–Kier alpha value is -1.13. The number of hydrogen-bond donors (Lipinski definition) is 2. The number of aromatic nitrogens is 1. The van der Waals surface area contributed by atoms with E-state index in [9.17, 15) is 0 Å². The van der Waals surface area contributed by atoms with Crippen LogP contribution in [-0.2, 0) is 11.3 Å².